The van der Waals surface area contributed by atoms with E-state index < -0.39 is 5.97 Å². The smallest absolute Gasteiger partial charge is 0.374 e. The van der Waals surface area contributed by atoms with Crippen molar-refractivity contribution in [3.05, 3.63) is 59.0 Å². The van der Waals surface area contributed by atoms with E-state index in [9.17, 15) is 9.90 Å². The Kier molecular flexibility index (Phi) is 5.33. The molecule has 1 aliphatic carbocycles. The van der Waals surface area contributed by atoms with Crippen LogP contribution in [0.3, 0.4) is 0 Å². The predicted molar refractivity (Wildman–Crippen MR) is 89.7 cm³/mol. The van der Waals surface area contributed by atoms with Crippen LogP contribution in [0.2, 0.25) is 0 Å². The van der Waals surface area contributed by atoms with E-state index in [1.54, 1.807) is 6.07 Å². The number of esters is 1. The molecule has 128 valence electrons. The molecule has 1 N–H and O–H groups in total. The number of aliphatic hydroxyl groups is 1. The van der Waals surface area contributed by atoms with Gasteiger partial charge in [0.1, 0.15) is 0 Å². The lowest BCUT2D eigenvalue weighted by Crippen LogP contribution is -2.33. The monoisotopic (exact) mass is 329 g/mol. The topological polar surface area (TPSA) is 62.9 Å². The van der Waals surface area contributed by atoms with E-state index in [1.165, 1.54) is 24.5 Å². The molecule has 0 spiro atoms. The van der Waals surface area contributed by atoms with Gasteiger partial charge < -0.3 is 14.3 Å². The average Bonchev–Trinajstić information content (AvgIpc) is 3.08. The summed E-state index contributed by atoms with van der Waals surface area (Å²) in [5, 5.41) is 9.51. The highest BCUT2D eigenvalue weighted by atomic mass is 16.5. The Morgan fingerprint density at radius 2 is 2.21 bits per heavy atom. The second-order valence-corrected chi connectivity index (χ2v) is 6.07. The molecule has 5 nitrogen and oxygen atoms in total. The standard InChI is InChI=1S/C19H23NO4/c1-23-19(22)18-15(9-12-24-18)13-20(10-11-21)17-8-4-6-14-5-2-3-7-16(14)17/h2-3,5,7,9,12,17,21H,4,6,8,10-11,13H2,1H3. The molecule has 0 radical (unpaired) electrons. The predicted octanol–water partition coefficient (Wildman–Crippen LogP) is 2.94. The first-order valence-electron chi connectivity index (χ1n) is 8.32. The quantitative estimate of drug-likeness (QED) is 0.826. The summed E-state index contributed by atoms with van der Waals surface area (Å²) in [7, 11) is 1.34. The van der Waals surface area contributed by atoms with E-state index in [-0.39, 0.29) is 18.4 Å². The molecular formula is C19H23NO4. The first-order chi connectivity index (χ1) is 11.7. The molecule has 3 rings (SSSR count). The average molecular weight is 329 g/mol. The fraction of sp³-hybridized carbons (Fsp3) is 0.421. The van der Waals surface area contributed by atoms with Gasteiger partial charge in [-0.2, -0.15) is 0 Å². The molecule has 1 atom stereocenters. The van der Waals surface area contributed by atoms with Gasteiger partial charge in [-0.3, -0.25) is 4.90 Å². The van der Waals surface area contributed by atoms with Gasteiger partial charge in [-0.05, 0) is 36.5 Å². The van der Waals surface area contributed by atoms with E-state index in [4.69, 9.17) is 9.15 Å². The fourth-order valence-electron chi connectivity index (χ4n) is 3.53. The van der Waals surface area contributed by atoms with E-state index in [2.05, 4.69) is 29.2 Å². The van der Waals surface area contributed by atoms with Crippen LogP contribution in [0.4, 0.5) is 0 Å². The van der Waals surface area contributed by atoms with Crippen LogP contribution in [0.25, 0.3) is 0 Å². The van der Waals surface area contributed by atoms with E-state index in [0.717, 1.165) is 24.8 Å². The molecule has 0 saturated heterocycles. The van der Waals surface area contributed by atoms with Gasteiger partial charge in [-0.1, -0.05) is 24.3 Å². The summed E-state index contributed by atoms with van der Waals surface area (Å²) in [5.74, 6) is -0.229. The maximum Gasteiger partial charge on any atom is 0.374 e. The zero-order chi connectivity index (χ0) is 16.9. The zero-order valence-corrected chi connectivity index (χ0v) is 13.9. The van der Waals surface area contributed by atoms with Crippen molar-refractivity contribution in [2.45, 2.75) is 31.8 Å². The van der Waals surface area contributed by atoms with Crippen LogP contribution in [0.15, 0.2) is 41.0 Å². The number of carbonyl (C=O) groups is 1. The normalized spacial score (nSPS) is 16.9. The molecule has 1 unspecified atom stereocenters. The highest BCUT2D eigenvalue weighted by Crippen LogP contribution is 2.35. The van der Waals surface area contributed by atoms with E-state index >= 15 is 0 Å². The van der Waals surface area contributed by atoms with Crippen molar-refractivity contribution in [2.24, 2.45) is 0 Å². The summed E-state index contributed by atoms with van der Waals surface area (Å²) >= 11 is 0. The third kappa shape index (κ3) is 3.37. The van der Waals surface area contributed by atoms with Crippen molar-refractivity contribution < 1.29 is 19.1 Å². The molecule has 24 heavy (non-hydrogen) atoms. The summed E-state index contributed by atoms with van der Waals surface area (Å²) in [5.41, 5.74) is 3.48. The Morgan fingerprint density at radius 3 is 3.00 bits per heavy atom. The number of fused-ring (bicyclic) bond motifs is 1. The number of aliphatic hydroxyl groups excluding tert-OH is 1. The third-order valence-corrected chi connectivity index (χ3v) is 4.66. The number of furan rings is 1. The molecule has 1 aromatic carbocycles. The van der Waals surface area contributed by atoms with Crippen molar-refractivity contribution in [2.75, 3.05) is 20.3 Å². The van der Waals surface area contributed by atoms with Gasteiger partial charge in [0, 0.05) is 24.7 Å². The Labute approximate surface area is 141 Å². The maximum absolute atomic E-state index is 11.8. The number of ether oxygens (including phenoxy) is 1. The van der Waals surface area contributed by atoms with Crippen LogP contribution in [0.5, 0.6) is 0 Å². The summed E-state index contributed by atoms with van der Waals surface area (Å²) in [6.45, 7) is 1.16. The van der Waals surface area contributed by atoms with E-state index in [0.29, 0.717) is 13.1 Å². The van der Waals surface area contributed by atoms with Crippen molar-refractivity contribution in [3.63, 3.8) is 0 Å². The van der Waals surface area contributed by atoms with Crippen molar-refractivity contribution >= 4 is 5.97 Å². The number of carbonyl (C=O) groups excluding carboxylic acids is 1. The molecule has 1 aromatic heterocycles. The van der Waals surface area contributed by atoms with Gasteiger partial charge in [0.2, 0.25) is 5.76 Å². The SMILES string of the molecule is COC(=O)c1occc1CN(CCO)C1CCCc2ccccc21. The van der Waals surface area contributed by atoms with Crippen LogP contribution in [0.1, 0.15) is 46.1 Å². The minimum Gasteiger partial charge on any atom is -0.463 e. The van der Waals surface area contributed by atoms with Crippen LogP contribution < -0.4 is 0 Å². The molecule has 1 aliphatic rings. The van der Waals surface area contributed by atoms with Crippen LogP contribution >= 0.6 is 0 Å². The molecule has 1 heterocycles. The second kappa shape index (κ2) is 7.64. The molecule has 5 heteroatoms. The molecule has 0 amide bonds. The number of methoxy groups -OCH3 is 1. The number of hydrogen-bond acceptors (Lipinski definition) is 5. The summed E-state index contributed by atoms with van der Waals surface area (Å²) < 4.78 is 10.1. The van der Waals surface area contributed by atoms with Crippen molar-refractivity contribution in [1.82, 2.24) is 4.90 Å². The van der Waals surface area contributed by atoms with Crippen LogP contribution in [-0.2, 0) is 17.7 Å². The Hall–Kier alpha value is -2.11. The number of hydrogen-bond donors (Lipinski definition) is 1. The summed E-state index contributed by atoms with van der Waals surface area (Å²) in [4.78, 5) is 14.0. The number of rotatable bonds is 6. The van der Waals surface area contributed by atoms with Gasteiger partial charge in [0.05, 0.1) is 20.0 Å². The summed E-state index contributed by atoms with van der Waals surface area (Å²) in [6.07, 6.45) is 4.77. The minimum absolute atomic E-state index is 0.0735. The second-order valence-electron chi connectivity index (χ2n) is 6.07. The lowest BCUT2D eigenvalue weighted by molar-refractivity contribution is 0.0559. The highest BCUT2D eigenvalue weighted by Gasteiger charge is 2.27. The third-order valence-electron chi connectivity index (χ3n) is 4.66. The van der Waals surface area contributed by atoms with E-state index in [1.807, 2.05) is 0 Å². The van der Waals surface area contributed by atoms with Crippen molar-refractivity contribution in [1.29, 1.82) is 0 Å². The number of nitrogens with zero attached hydrogens (tertiary/aromatic N) is 1. The lowest BCUT2D eigenvalue weighted by atomic mass is 9.86. The Bertz CT molecular complexity index is 694. The fourth-order valence-corrected chi connectivity index (χ4v) is 3.53. The van der Waals surface area contributed by atoms with Gasteiger partial charge in [-0.15, -0.1) is 0 Å². The maximum atomic E-state index is 11.8. The van der Waals surface area contributed by atoms with Crippen LogP contribution in [0, 0.1) is 0 Å². The number of aryl methyl sites for hydroxylation is 1. The molecule has 0 aliphatic heterocycles. The molecule has 0 saturated carbocycles. The Morgan fingerprint density at radius 1 is 1.38 bits per heavy atom. The first-order valence-corrected chi connectivity index (χ1v) is 8.32. The zero-order valence-electron chi connectivity index (χ0n) is 13.9. The molecule has 2 aromatic rings. The minimum atomic E-state index is -0.469. The molecule has 0 bridgehead atoms. The van der Waals surface area contributed by atoms with Gasteiger partial charge in [-0.25, -0.2) is 4.79 Å². The number of benzene rings is 1. The Balaban J connectivity index is 1.87. The van der Waals surface area contributed by atoms with Gasteiger partial charge in [0.15, 0.2) is 0 Å². The van der Waals surface area contributed by atoms with Gasteiger partial charge >= 0.3 is 5.97 Å². The molecule has 0 fully saturated rings. The van der Waals surface area contributed by atoms with Crippen LogP contribution in [-0.4, -0.2) is 36.2 Å². The lowest BCUT2D eigenvalue weighted by Gasteiger charge is -2.35. The first kappa shape index (κ1) is 16.7. The summed E-state index contributed by atoms with van der Waals surface area (Å²) in [6, 6.07) is 10.5. The largest absolute Gasteiger partial charge is 0.463 e. The van der Waals surface area contributed by atoms with Crippen molar-refractivity contribution in [3.8, 4) is 0 Å². The van der Waals surface area contributed by atoms with Gasteiger partial charge in [0.25, 0.3) is 0 Å². The molecular weight excluding hydrogens is 306 g/mol. The highest BCUT2D eigenvalue weighted by molar-refractivity contribution is 5.87.